The molecule has 162 valence electrons. The summed E-state index contributed by atoms with van der Waals surface area (Å²) in [4.78, 5) is 41.8. The van der Waals surface area contributed by atoms with Crippen molar-refractivity contribution >= 4 is 34.3 Å². The molecule has 0 bridgehead atoms. The van der Waals surface area contributed by atoms with Crippen molar-refractivity contribution < 1.29 is 23.5 Å². The summed E-state index contributed by atoms with van der Waals surface area (Å²) >= 11 is 1.17. The summed E-state index contributed by atoms with van der Waals surface area (Å²) in [5, 5.41) is 5.32. The number of alkyl halides is 1. The van der Waals surface area contributed by atoms with Crippen LogP contribution in [0.1, 0.15) is 66.6 Å². The van der Waals surface area contributed by atoms with E-state index < -0.39 is 30.0 Å². The van der Waals surface area contributed by atoms with Gasteiger partial charge in [-0.25, -0.2) is 14.2 Å². The van der Waals surface area contributed by atoms with Crippen LogP contribution in [0, 0.1) is 0 Å². The monoisotopic (exact) mass is 435 g/mol. The smallest absolute Gasteiger partial charge is 0.357 e. The topological polar surface area (TPSA) is 97.4 Å². The first-order valence-corrected chi connectivity index (χ1v) is 10.5. The summed E-state index contributed by atoms with van der Waals surface area (Å²) in [6.45, 7) is 5.65. The van der Waals surface area contributed by atoms with E-state index in [0.29, 0.717) is 17.7 Å². The van der Waals surface area contributed by atoms with Gasteiger partial charge >= 0.3 is 5.97 Å². The van der Waals surface area contributed by atoms with Crippen molar-refractivity contribution in [2.24, 2.45) is 0 Å². The third-order valence-corrected chi connectivity index (χ3v) is 5.59. The summed E-state index contributed by atoms with van der Waals surface area (Å²) in [5.41, 5.74) is 0.367. The Morgan fingerprint density at radius 1 is 1.17 bits per heavy atom. The number of carbonyl (C=O) groups is 3. The number of nitrogens with one attached hydrogen (secondary N) is 2. The highest BCUT2D eigenvalue weighted by atomic mass is 32.1. The Bertz CT molecular complexity index is 886. The summed E-state index contributed by atoms with van der Waals surface area (Å²) in [6, 6.07) is 7.09. The van der Waals surface area contributed by atoms with Gasteiger partial charge in [-0.15, -0.1) is 11.3 Å². The minimum atomic E-state index is -1.88. The van der Waals surface area contributed by atoms with Gasteiger partial charge in [0, 0.05) is 4.88 Å². The lowest BCUT2D eigenvalue weighted by atomic mass is 10.1. The maximum absolute atomic E-state index is 14.5. The molecule has 0 fully saturated rings. The number of halogens is 1. The highest BCUT2D eigenvalue weighted by Crippen LogP contribution is 2.30. The largest absolute Gasteiger partial charge is 0.464 e. The highest BCUT2D eigenvalue weighted by molar-refractivity contribution is 7.16. The lowest BCUT2D eigenvalue weighted by Crippen LogP contribution is -2.45. The fourth-order valence-corrected chi connectivity index (χ4v) is 3.75. The molecule has 2 N–H and O–H groups in total. The van der Waals surface area contributed by atoms with E-state index in [1.807, 2.05) is 20.8 Å². The molecule has 1 aromatic carbocycles. The van der Waals surface area contributed by atoms with Crippen molar-refractivity contribution in [3.63, 3.8) is 0 Å². The number of ether oxygens (including phenoxy) is 1. The average molecular weight is 436 g/mol. The molecule has 2 atom stereocenters. The zero-order valence-corrected chi connectivity index (χ0v) is 18.2. The Balaban J connectivity index is 2.14. The second-order valence-corrected chi connectivity index (χ2v) is 8.02. The molecular formula is C21H26FN3O4S. The number of anilines is 1. The molecule has 0 saturated carbocycles. The number of hydrogen-bond acceptors (Lipinski definition) is 6. The van der Waals surface area contributed by atoms with Gasteiger partial charge in [-0.1, -0.05) is 57.5 Å². The van der Waals surface area contributed by atoms with Gasteiger partial charge in [0.2, 0.25) is 12.1 Å². The van der Waals surface area contributed by atoms with Gasteiger partial charge < -0.3 is 15.4 Å². The van der Waals surface area contributed by atoms with Gasteiger partial charge in [-0.2, -0.15) is 0 Å². The zero-order valence-electron chi connectivity index (χ0n) is 17.4. The molecule has 30 heavy (non-hydrogen) atoms. The van der Waals surface area contributed by atoms with E-state index in [9.17, 15) is 18.8 Å². The van der Waals surface area contributed by atoms with Crippen LogP contribution in [0.4, 0.5) is 9.52 Å². The van der Waals surface area contributed by atoms with Crippen molar-refractivity contribution in [3.05, 3.63) is 46.5 Å². The van der Waals surface area contributed by atoms with Crippen LogP contribution in [0.25, 0.3) is 0 Å². The Kier molecular flexibility index (Phi) is 8.46. The lowest BCUT2D eigenvalue weighted by molar-refractivity contribution is -0.130. The van der Waals surface area contributed by atoms with Crippen LogP contribution < -0.4 is 10.6 Å². The van der Waals surface area contributed by atoms with Gasteiger partial charge in [0.05, 0.1) is 7.11 Å². The van der Waals surface area contributed by atoms with Crippen LogP contribution in [-0.4, -0.2) is 35.9 Å². The maximum atomic E-state index is 14.5. The molecule has 0 aliphatic heterocycles. The number of thiazole rings is 1. The number of hydrogen-bond donors (Lipinski definition) is 2. The minimum absolute atomic E-state index is 0.00608. The van der Waals surface area contributed by atoms with Gasteiger partial charge in [0.15, 0.2) is 10.8 Å². The summed E-state index contributed by atoms with van der Waals surface area (Å²) < 4.78 is 19.2. The predicted molar refractivity (Wildman–Crippen MR) is 113 cm³/mol. The van der Waals surface area contributed by atoms with Gasteiger partial charge in [-0.05, 0) is 17.9 Å². The van der Waals surface area contributed by atoms with Crippen molar-refractivity contribution in [3.8, 4) is 0 Å². The lowest BCUT2D eigenvalue weighted by Gasteiger charge is -2.18. The van der Waals surface area contributed by atoms with E-state index in [2.05, 4.69) is 15.6 Å². The number of esters is 1. The van der Waals surface area contributed by atoms with E-state index in [1.165, 1.54) is 30.6 Å². The van der Waals surface area contributed by atoms with Crippen LogP contribution >= 0.6 is 11.3 Å². The SMILES string of the molecule is CCC[C@H](NC(=O)[C@@H](F)c1ccccc1)C(=O)Nc1nc(C(=O)OC)c(C(C)C)s1. The Hall–Kier alpha value is -2.81. The van der Waals surface area contributed by atoms with Crippen LogP contribution in [0.2, 0.25) is 0 Å². The van der Waals surface area contributed by atoms with Crippen LogP contribution in [0.3, 0.4) is 0 Å². The number of carbonyl (C=O) groups excluding carboxylic acids is 3. The molecule has 2 rings (SSSR count). The first-order chi connectivity index (χ1) is 14.3. The number of aromatic nitrogens is 1. The third-order valence-electron chi connectivity index (χ3n) is 4.32. The number of amides is 2. The van der Waals surface area contributed by atoms with Gasteiger partial charge in [-0.3, -0.25) is 9.59 Å². The van der Waals surface area contributed by atoms with E-state index in [0.717, 1.165) is 0 Å². The average Bonchev–Trinajstić information content (AvgIpc) is 3.16. The molecule has 0 unspecified atom stereocenters. The Morgan fingerprint density at radius 2 is 1.83 bits per heavy atom. The molecule has 0 radical (unpaired) electrons. The normalized spacial score (nSPS) is 12.9. The molecule has 1 heterocycles. The second-order valence-electron chi connectivity index (χ2n) is 6.99. The quantitative estimate of drug-likeness (QED) is 0.581. The zero-order chi connectivity index (χ0) is 22.3. The first-order valence-electron chi connectivity index (χ1n) is 9.67. The summed E-state index contributed by atoms with van der Waals surface area (Å²) in [5.74, 6) is -1.98. The second kappa shape index (κ2) is 10.8. The number of methoxy groups -OCH3 is 1. The number of rotatable bonds is 9. The predicted octanol–water partition coefficient (Wildman–Crippen LogP) is 3.99. The highest BCUT2D eigenvalue weighted by Gasteiger charge is 2.28. The fraction of sp³-hybridized carbons (Fsp3) is 0.429. The fourth-order valence-electron chi connectivity index (χ4n) is 2.79. The van der Waals surface area contributed by atoms with Crippen molar-refractivity contribution in [1.82, 2.24) is 10.3 Å². The van der Waals surface area contributed by atoms with Crippen LogP contribution in [0.5, 0.6) is 0 Å². The van der Waals surface area contributed by atoms with Gasteiger partial charge in [0.1, 0.15) is 6.04 Å². The molecule has 7 nitrogen and oxygen atoms in total. The summed E-state index contributed by atoms with van der Waals surface area (Å²) in [7, 11) is 1.26. The molecule has 0 spiro atoms. The van der Waals surface area contributed by atoms with E-state index in [1.54, 1.807) is 18.2 Å². The maximum Gasteiger partial charge on any atom is 0.357 e. The minimum Gasteiger partial charge on any atom is -0.464 e. The molecule has 0 saturated heterocycles. The van der Waals surface area contributed by atoms with Crippen LogP contribution in [-0.2, 0) is 14.3 Å². The molecule has 1 aromatic heterocycles. The number of benzene rings is 1. The molecule has 9 heteroatoms. The van der Waals surface area contributed by atoms with Crippen LogP contribution in [0.15, 0.2) is 30.3 Å². The molecule has 2 aromatic rings. The molecule has 2 amide bonds. The third kappa shape index (κ3) is 5.85. The Labute approximate surface area is 179 Å². The van der Waals surface area contributed by atoms with Gasteiger partial charge in [0.25, 0.3) is 5.91 Å². The van der Waals surface area contributed by atoms with Crippen molar-refractivity contribution in [2.45, 2.75) is 51.7 Å². The standard InChI is InChI=1S/C21H26FN3O4S/c1-5-9-14(23-19(27)15(22)13-10-7-6-8-11-13)18(26)25-21-24-16(20(28)29-4)17(30-21)12(2)3/h6-8,10-12,14-15H,5,9H2,1-4H3,(H,23,27)(H,24,25,26)/t14-,15-/m0/s1. The summed E-state index contributed by atoms with van der Waals surface area (Å²) in [6.07, 6.45) is -0.953. The van der Waals surface area contributed by atoms with E-state index in [-0.39, 0.29) is 22.3 Å². The molecule has 0 aliphatic rings. The Morgan fingerprint density at radius 3 is 2.40 bits per heavy atom. The van der Waals surface area contributed by atoms with E-state index in [4.69, 9.17) is 4.74 Å². The molecule has 0 aliphatic carbocycles. The van der Waals surface area contributed by atoms with Crippen molar-refractivity contribution in [2.75, 3.05) is 12.4 Å². The van der Waals surface area contributed by atoms with E-state index >= 15 is 0 Å². The van der Waals surface area contributed by atoms with Crippen molar-refractivity contribution in [1.29, 1.82) is 0 Å². The number of nitrogens with zero attached hydrogens (tertiary/aromatic N) is 1. The first kappa shape index (κ1) is 23.5. The molecular weight excluding hydrogens is 409 g/mol.